The van der Waals surface area contributed by atoms with E-state index in [1.54, 1.807) is 0 Å². The zero-order chi connectivity index (χ0) is 15.1. The first-order chi connectivity index (χ1) is 10.2. The Morgan fingerprint density at radius 2 is 2.00 bits per heavy atom. The van der Waals surface area contributed by atoms with Gasteiger partial charge in [0.15, 0.2) is 0 Å². The van der Waals surface area contributed by atoms with Gasteiger partial charge in [-0.2, -0.15) is 0 Å². The number of hydrogen-bond acceptors (Lipinski definition) is 3. The summed E-state index contributed by atoms with van der Waals surface area (Å²) in [5.41, 5.74) is 1.27. The zero-order valence-electron chi connectivity index (χ0n) is 13.3. The van der Waals surface area contributed by atoms with Crippen molar-refractivity contribution in [2.24, 2.45) is 5.92 Å². The predicted octanol–water partition coefficient (Wildman–Crippen LogP) is 3.48. The molecule has 0 aliphatic rings. The molecule has 4 heteroatoms. The molecule has 0 spiro atoms. The number of nitrogens with one attached hydrogen (secondary N) is 1. The summed E-state index contributed by atoms with van der Waals surface area (Å²) in [7, 11) is 2.14. The average molecular weight is 286 g/mol. The minimum absolute atomic E-state index is 0.624. The van der Waals surface area contributed by atoms with Crippen LogP contribution in [0.3, 0.4) is 0 Å². The van der Waals surface area contributed by atoms with Crippen LogP contribution in [0.1, 0.15) is 20.3 Å². The molecule has 0 aliphatic carbocycles. The van der Waals surface area contributed by atoms with E-state index in [9.17, 15) is 0 Å². The molecule has 0 atom stereocenters. The standard InChI is InChI=1S/C17H26N4/c1-15(2)14-19-17-18-10-13-21(17)12-7-11-20(3)16-8-5-4-6-9-16/h4-6,8-10,13,15H,7,11-12,14H2,1-3H3,(H,18,19). The Bertz CT molecular complexity index is 519. The molecule has 1 N–H and O–H groups in total. The third-order valence-corrected chi connectivity index (χ3v) is 3.47. The number of aryl methyl sites for hydroxylation is 1. The van der Waals surface area contributed by atoms with Gasteiger partial charge in [0, 0.05) is 44.8 Å². The van der Waals surface area contributed by atoms with Crippen molar-refractivity contribution >= 4 is 11.6 Å². The van der Waals surface area contributed by atoms with Gasteiger partial charge in [-0.25, -0.2) is 4.98 Å². The lowest BCUT2D eigenvalue weighted by Crippen LogP contribution is -2.20. The zero-order valence-corrected chi connectivity index (χ0v) is 13.3. The lowest BCUT2D eigenvalue weighted by Gasteiger charge is -2.19. The largest absolute Gasteiger partial charge is 0.375 e. The van der Waals surface area contributed by atoms with Gasteiger partial charge in [-0.3, -0.25) is 0 Å². The molecule has 0 unspecified atom stereocenters. The van der Waals surface area contributed by atoms with E-state index in [1.165, 1.54) is 5.69 Å². The van der Waals surface area contributed by atoms with Crippen molar-refractivity contribution in [3.05, 3.63) is 42.7 Å². The Labute approximate surface area is 127 Å². The highest BCUT2D eigenvalue weighted by Crippen LogP contribution is 2.12. The lowest BCUT2D eigenvalue weighted by atomic mass is 10.2. The Morgan fingerprint density at radius 3 is 2.71 bits per heavy atom. The Hall–Kier alpha value is -1.97. The van der Waals surface area contributed by atoms with E-state index < -0.39 is 0 Å². The summed E-state index contributed by atoms with van der Waals surface area (Å²) in [4.78, 5) is 6.67. The highest BCUT2D eigenvalue weighted by Gasteiger charge is 2.04. The number of rotatable bonds is 8. The Kier molecular flexibility index (Phi) is 5.67. The van der Waals surface area contributed by atoms with Gasteiger partial charge in [-0.1, -0.05) is 32.0 Å². The van der Waals surface area contributed by atoms with Crippen molar-refractivity contribution in [2.75, 3.05) is 30.4 Å². The number of nitrogens with zero attached hydrogens (tertiary/aromatic N) is 3. The normalized spacial score (nSPS) is 10.9. The van der Waals surface area contributed by atoms with E-state index in [0.29, 0.717) is 5.92 Å². The Balaban J connectivity index is 1.80. The molecule has 0 aliphatic heterocycles. The summed E-state index contributed by atoms with van der Waals surface area (Å²) >= 11 is 0. The maximum Gasteiger partial charge on any atom is 0.202 e. The molecule has 0 amide bonds. The summed E-state index contributed by atoms with van der Waals surface area (Å²) in [5.74, 6) is 1.60. The van der Waals surface area contributed by atoms with Crippen molar-refractivity contribution in [1.82, 2.24) is 9.55 Å². The highest BCUT2D eigenvalue weighted by atomic mass is 15.2. The number of benzene rings is 1. The van der Waals surface area contributed by atoms with Gasteiger partial charge in [0.25, 0.3) is 0 Å². The van der Waals surface area contributed by atoms with Gasteiger partial charge in [0.2, 0.25) is 5.95 Å². The maximum absolute atomic E-state index is 4.38. The second-order valence-electron chi connectivity index (χ2n) is 5.83. The minimum atomic E-state index is 0.624. The van der Waals surface area contributed by atoms with Crippen LogP contribution in [0.15, 0.2) is 42.7 Å². The summed E-state index contributed by atoms with van der Waals surface area (Å²) < 4.78 is 2.20. The van der Waals surface area contributed by atoms with E-state index in [4.69, 9.17) is 0 Å². The number of anilines is 2. The highest BCUT2D eigenvalue weighted by molar-refractivity contribution is 5.44. The number of aromatic nitrogens is 2. The smallest absolute Gasteiger partial charge is 0.202 e. The van der Waals surface area contributed by atoms with Gasteiger partial charge in [-0.05, 0) is 24.5 Å². The van der Waals surface area contributed by atoms with Crippen LogP contribution in [-0.4, -0.2) is 29.7 Å². The maximum atomic E-state index is 4.38. The van der Waals surface area contributed by atoms with Crippen LogP contribution in [0.4, 0.5) is 11.6 Å². The van der Waals surface area contributed by atoms with E-state index in [1.807, 2.05) is 12.4 Å². The number of para-hydroxylation sites is 1. The van der Waals surface area contributed by atoms with E-state index in [0.717, 1.165) is 32.0 Å². The molecule has 0 saturated heterocycles. The van der Waals surface area contributed by atoms with Gasteiger partial charge in [-0.15, -0.1) is 0 Å². The fourth-order valence-electron chi connectivity index (χ4n) is 2.24. The molecular weight excluding hydrogens is 260 g/mol. The van der Waals surface area contributed by atoms with Crippen LogP contribution in [0.5, 0.6) is 0 Å². The van der Waals surface area contributed by atoms with Gasteiger partial charge >= 0.3 is 0 Å². The second kappa shape index (κ2) is 7.72. The first-order valence-electron chi connectivity index (χ1n) is 7.68. The van der Waals surface area contributed by atoms with Gasteiger partial charge in [0.05, 0.1) is 0 Å². The topological polar surface area (TPSA) is 33.1 Å². The summed E-state index contributed by atoms with van der Waals surface area (Å²) in [6.07, 6.45) is 5.01. The molecule has 0 radical (unpaired) electrons. The van der Waals surface area contributed by atoms with Crippen LogP contribution in [0.2, 0.25) is 0 Å². The molecule has 0 saturated carbocycles. The van der Waals surface area contributed by atoms with Crippen molar-refractivity contribution in [2.45, 2.75) is 26.8 Å². The molecule has 114 valence electrons. The van der Waals surface area contributed by atoms with Crippen LogP contribution in [-0.2, 0) is 6.54 Å². The summed E-state index contributed by atoms with van der Waals surface area (Å²) in [5, 5.41) is 3.40. The summed E-state index contributed by atoms with van der Waals surface area (Å²) in [6.45, 7) is 7.38. The van der Waals surface area contributed by atoms with Crippen molar-refractivity contribution in [3.8, 4) is 0 Å². The minimum Gasteiger partial charge on any atom is -0.375 e. The van der Waals surface area contributed by atoms with Crippen LogP contribution < -0.4 is 10.2 Å². The average Bonchev–Trinajstić information content (AvgIpc) is 2.93. The molecule has 0 bridgehead atoms. The molecule has 0 fully saturated rings. The summed E-state index contributed by atoms with van der Waals surface area (Å²) in [6, 6.07) is 10.5. The molecule has 4 nitrogen and oxygen atoms in total. The first kappa shape index (κ1) is 15.4. The molecule has 2 aromatic rings. The molecule has 2 rings (SSSR count). The third-order valence-electron chi connectivity index (χ3n) is 3.47. The van der Waals surface area contributed by atoms with Crippen molar-refractivity contribution < 1.29 is 0 Å². The predicted molar refractivity (Wildman–Crippen MR) is 89.9 cm³/mol. The quantitative estimate of drug-likeness (QED) is 0.806. The van der Waals surface area contributed by atoms with Crippen molar-refractivity contribution in [3.63, 3.8) is 0 Å². The fraction of sp³-hybridized carbons (Fsp3) is 0.471. The Morgan fingerprint density at radius 1 is 1.24 bits per heavy atom. The molecular formula is C17H26N4. The fourth-order valence-corrected chi connectivity index (χ4v) is 2.24. The number of hydrogen-bond donors (Lipinski definition) is 1. The van der Waals surface area contributed by atoms with E-state index in [-0.39, 0.29) is 0 Å². The molecule has 1 aromatic carbocycles. The SMILES string of the molecule is CC(C)CNc1nccn1CCCN(C)c1ccccc1. The monoisotopic (exact) mass is 286 g/mol. The van der Waals surface area contributed by atoms with Gasteiger partial charge < -0.3 is 14.8 Å². The molecule has 1 heterocycles. The molecule has 21 heavy (non-hydrogen) atoms. The van der Waals surface area contributed by atoms with E-state index in [2.05, 4.69) is 71.0 Å². The second-order valence-corrected chi connectivity index (χ2v) is 5.83. The first-order valence-corrected chi connectivity index (χ1v) is 7.68. The van der Waals surface area contributed by atoms with Crippen molar-refractivity contribution in [1.29, 1.82) is 0 Å². The van der Waals surface area contributed by atoms with E-state index >= 15 is 0 Å². The number of imidazole rings is 1. The van der Waals surface area contributed by atoms with Gasteiger partial charge in [0.1, 0.15) is 0 Å². The van der Waals surface area contributed by atoms with Crippen LogP contribution in [0.25, 0.3) is 0 Å². The third kappa shape index (κ3) is 4.81. The van der Waals surface area contributed by atoms with Crippen LogP contribution >= 0.6 is 0 Å². The molecule has 1 aromatic heterocycles. The van der Waals surface area contributed by atoms with Crippen LogP contribution in [0, 0.1) is 5.92 Å². The lowest BCUT2D eigenvalue weighted by molar-refractivity contribution is 0.630.